The molecule has 4 rings (SSSR count). The van der Waals surface area contributed by atoms with E-state index in [9.17, 15) is 26.7 Å². The van der Waals surface area contributed by atoms with Crippen LogP contribution in [0.3, 0.4) is 0 Å². The van der Waals surface area contributed by atoms with Crippen molar-refractivity contribution in [2.24, 2.45) is 5.73 Å². The van der Waals surface area contributed by atoms with E-state index in [-0.39, 0.29) is 42.5 Å². The number of hydrogen-bond acceptors (Lipinski definition) is 4. The number of carbonyl (C=O) groups excluding carboxylic acids is 1. The first-order valence-electron chi connectivity index (χ1n) is 11.6. The van der Waals surface area contributed by atoms with Gasteiger partial charge in [-0.3, -0.25) is 4.79 Å². The van der Waals surface area contributed by atoms with E-state index >= 15 is 0 Å². The number of aryl methyl sites for hydroxylation is 1. The fourth-order valence-corrected chi connectivity index (χ4v) is 3.94. The van der Waals surface area contributed by atoms with E-state index in [1.165, 1.54) is 17.5 Å². The number of aromatic nitrogens is 2. The summed E-state index contributed by atoms with van der Waals surface area (Å²) in [6.45, 7) is 2.68. The standard InChI is InChI=1S/C25H27F5N4O2/c1-14-10-19-21(23(35)32-13-24(2,31)8-9-25(28,29)30)22(15-6-7-15)33-34(19)20(11-14)36-12-16-17(26)4-3-5-18(16)27/h3-5,10-11,15H,6-9,12-13,31H2,1-2H3,(H,32,35). The third-order valence-electron chi connectivity index (χ3n) is 6.12. The summed E-state index contributed by atoms with van der Waals surface area (Å²) < 4.78 is 73.1. The third-order valence-corrected chi connectivity index (χ3v) is 6.12. The molecule has 1 atom stereocenters. The number of nitrogens with two attached hydrogens (primary N) is 1. The van der Waals surface area contributed by atoms with Crippen LogP contribution in [0.4, 0.5) is 22.0 Å². The van der Waals surface area contributed by atoms with Gasteiger partial charge in [-0.1, -0.05) is 6.07 Å². The summed E-state index contributed by atoms with van der Waals surface area (Å²) in [7, 11) is 0. The Labute approximate surface area is 204 Å². The summed E-state index contributed by atoms with van der Waals surface area (Å²) in [5, 5.41) is 7.23. The van der Waals surface area contributed by atoms with E-state index in [4.69, 9.17) is 10.5 Å². The molecule has 3 N–H and O–H groups in total. The lowest BCUT2D eigenvalue weighted by atomic mass is 9.96. The smallest absolute Gasteiger partial charge is 0.389 e. The summed E-state index contributed by atoms with van der Waals surface area (Å²) in [6.07, 6.45) is -4.07. The van der Waals surface area contributed by atoms with Crippen molar-refractivity contribution in [1.29, 1.82) is 0 Å². The van der Waals surface area contributed by atoms with Crippen LogP contribution in [-0.2, 0) is 6.61 Å². The Morgan fingerprint density at radius 1 is 1.19 bits per heavy atom. The molecular weight excluding hydrogens is 483 g/mol. The van der Waals surface area contributed by atoms with E-state index in [0.717, 1.165) is 30.5 Å². The number of hydrogen-bond donors (Lipinski definition) is 2. The summed E-state index contributed by atoms with van der Waals surface area (Å²) in [5.74, 6) is -1.74. The molecule has 1 unspecified atom stereocenters. The zero-order valence-electron chi connectivity index (χ0n) is 19.9. The molecule has 36 heavy (non-hydrogen) atoms. The van der Waals surface area contributed by atoms with Crippen LogP contribution in [0.5, 0.6) is 5.88 Å². The number of nitrogens with zero attached hydrogens (tertiary/aromatic N) is 2. The maximum atomic E-state index is 14.1. The van der Waals surface area contributed by atoms with E-state index in [1.54, 1.807) is 19.1 Å². The first-order valence-corrected chi connectivity index (χ1v) is 11.6. The molecule has 1 amide bonds. The highest BCUT2D eigenvalue weighted by molar-refractivity contribution is 6.02. The maximum Gasteiger partial charge on any atom is 0.389 e. The first kappa shape index (κ1) is 25.9. The van der Waals surface area contributed by atoms with Crippen molar-refractivity contribution in [2.75, 3.05) is 6.54 Å². The van der Waals surface area contributed by atoms with Crippen LogP contribution in [0.1, 0.15) is 65.7 Å². The number of ether oxygens (including phenoxy) is 1. The molecule has 1 fully saturated rings. The van der Waals surface area contributed by atoms with E-state index in [2.05, 4.69) is 10.4 Å². The number of rotatable bonds is 9. The van der Waals surface area contributed by atoms with Crippen LogP contribution >= 0.6 is 0 Å². The van der Waals surface area contributed by atoms with Gasteiger partial charge in [0, 0.05) is 30.5 Å². The molecule has 194 valence electrons. The molecule has 1 aliphatic rings. The number of pyridine rings is 1. The molecule has 3 aromatic rings. The Hall–Kier alpha value is -3.21. The molecule has 0 aliphatic heterocycles. The van der Waals surface area contributed by atoms with Crippen molar-refractivity contribution >= 4 is 11.4 Å². The van der Waals surface area contributed by atoms with Gasteiger partial charge in [0.2, 0.25) is 5.88 Å². The Bertz CT molecular complexity index is 1260. The summed E-state index contributed by atoms with van der Waals surface area (Å²) in [4.78, 5) is 13.2. The minimum absolute atomic E-state index is 0.0531. The van der Waals surface area contributed by atoms with E-state index in [1.807, 2.05) is 0 Å². The topological polar surface area (TPSA) is 81.7 Å². The van der Waals surface area contributed by atoms with Crippen molar-refractivity contribution in [3.63, 3.8) is 0 Å². The quantitative estimate of drug-likeness (QED) is 0.390. The summed E-state index contributed by atoms with van der Waals surface area (Å²) in [5.41, 5.74) is 6.47. The van der Waals surface area contributed by atoms with Gasteiger partial charge in [0.25, 0.3) is 5.91 Å². The zero-order chi connectivity index (χ0) is 26.3. The van der Waals surface area contributed by atoms with Gasteiger partial charge in [0.15, 0.2) is 0 Å². The molecule has 2 heterocycles. The number of benzene rings is 1. The predicted molar refractivity (Wildman–Crippen MR) is 123 cm³/mol. The van der Waals surface area contributed by atoms with Gasteiger partial charge < -0.3 is 15.8 Å². The SMILES string of the molecule is Cc1cc(OCc2c(F)cccc2F)n2nc(C3CC3)c(C(=O)NCC(C)(N)CCC(F)(F)F)c2c1. The lowest BCUT2D eigenvalue weighted by Crippen LogP contribution is -2.48. The third kappa shape index (κ3) is 5.95. The second-order valence-electron chi connectivity index (χ2n) is 9.64. The molecule has 6 nitrogen and oxygen atoms in total. The molecule has 0 saturated heterocycles. The highest BCUT2D eigenvalue weighted by Crippen LogP contribution is 2.42. The van der Waals surface area contributed by atoms with Crippen molar-refractivity contribution in [1.82, 2.24) is 14.9 Å². The predicted octanol–water partition coefficient (Wildman–Crippen LogP) is 5.17. The molecule has 1 aromatic carbocycles. The van der Waals surface area contributed by atoms with Gasteiger partial charge in [0.1, 0.15) is 18.2 Å². The van der Waals surface area contributed by atoms with Gasteiger partial charge in [0.05, 0.1) is 22.3 Å². The summed E-state index contributed by atoms with van der Waals surface area (Å²) in [6, 6.07) is 6.90. The number of fused-ring (bicyclic) bond motifs is 1. The molecule has 0 spiro atoms. The maximum absolute atomic E-state index is 14.1. The number of carbonyl (C=O) groups is 1. The minimum atomic E-state index is -4.34. The van der Waals surface area contributed by atoms with Gasteiger partial charge in [-0.2, -0.15) is 22.8 Å². The van der Waals surface area contributed by atoms with Crippen LogP contribution in [0.15, 0.2) is 30.3 Å². The lowest BCUT2D eigenvalue weighted by molar-refractivity contribution is -0.137. The van der Waals surface area contributed by atoms with E-state index < -0.39 is 35.7 Å². The van der Waals surface area contributed by atoms with Crippen LogP contribution in [0, 0.1) is 18.6 Å². The zero-order valence-corrected chi connectivity index (χ0v) is 19.9. The summed E-state index contributed by atoms with van der Waals surface area (Å²) >= 11 is 0. The number of amides is 1. The monoisotopic (exact) mass is 510 g/mol. The lowest BCUT2D eigenvalue weighted by Gasteiger charge is -2.25. The molecular formula is C25H27F5N4O2. The van der Waals surface area contributed by atoms with Crippen LogP contribution in [-0.4, -0.2) is 33.8 Å². The first-order chi connectivity index (χ1) is 16.8. The average molecular weight is 511 g/mol. The minimum Gasteiger partial charge on any atom is -0.473 e. The Morgan fingerprint density at radius 3 is 2.47 bits per heavy atom. The number of halogens is 5. The van der Waals surface area contributed by atoms with Crippen molar-refractivity contribution < 1.29 is 31.5 Å². The van der Waals surface area contributed by atoms with Gasteiger partial charge in [-0.05, 0) is 56.9 Å². The Morgan fingerprint density at radius 2 is 1.86 bits per heavy atom. The number of nitrogens with one attached hydrogen (secondary N) is 1. The van der Waals surface area contributed by atoms with Gasteiger partial charge >= 0.3 is 6.18 Å². The fourth-order valence-electron chi connectivity index (χ4n) is 3.94. The van der Waals surface area contributed by atoms with Crippen molar-refractivity contribution in [2.45, 2.75) is 63.8 Å². The number of alkyl halides is 3. The van der Waals surface area contributed by atoms with Crippen molar-refractivity contribution in [3.8, 4) is 5.88 Å². The second kappa shape index (κ2) is 9.68. The molecule has 1 aliphatic carbocycles. The second-order valence-corrected chi connectivity index (χ2v) is 9.64. The largest absolute Gasteiger partial charge is 0.473 e. The van der Waals surface area contributed by atoms with E-state index in [0.29, 0.717) is 11.2 Å². The average Bonchev–Trinajstić information content (AvgIpc) is 3.56. The molecule has 0 radical (unpaired) electrons. The van der Waals surface area contributed by atoms with Crippen LogP contribution in [0.25, 0.3) is 5.52 Å². The van der Waals surface area contributed by atoms with Crippen molar-refractivity contribution in [3.05, 3.63) is 64.4 Å². The van der Waals surface area contributed by atoms with Crippen LogP contribution < -0.4 is 15.8 Å². The van der Waals surface area contributed by atoms with Gasteiger partial charge in [-0.15, -0.1) is 0 Å². The molecule has 11 heteroatoms. The Kier molecular flexibility index (Phi) is 6.96. The fraction of sp³-hybridized carbons (Fsp3) is 0.440. The van der Waals surface area contributed by atoms with Gasteiger partial charge in [-0.25, -0.2) is 8.78 Å². The molecule has 2 aromatic heterocycles. The molecule has 1 saturated carbocycles. The highest BCUT2D eigenvalue weighted by Gasteiger charge is 2.35. The molecule has 0 bridgehead atoms. The highest BCUT2D eigenvalue weighted by atomic mass is 19.4. The van der Waals surface area contributed by atoms with Crippen LogP contribution in [0.2, 0.25) is 0 Å². The normalized spacial score (nSPS) is 15.7. The Balaban J connectivity index is 1.61.